The van der Waals surface area contributed by atoms with Crippen LogP contribution < -0.4 is 0 Å². The predicted octanol–water partition coefficient (Wildman–Crippen LogP) is 3.42. The van der Waals surface area contributed by atoms with Crippen molar-refractivity contribution < 1.29 is 14.3 Å². The van der Waals surface area contributed by atoms with E-state index in [-0.39, 0.29) is 5.75 Å². The van der Waals surface area contributed by atoms with Gasteiger partial charge in [-0.2, -0.15) is 0 Å². The number of aliphatic carboxylic acids is 1. The lowest BCUT2D eigenvalue weighted by molar-refractivity contribution is -0.133. The maximum atomic E-state index is 10.8. The third-order valence-corrected chi connectivity index (χ3v) is 4.21. The molecule has 8 heteroatoms. The lowest BCUT2D eigenvalue weighted by Crippen LogP contribution is -2.05. The molecule has 0 aliphatic heterocycles. The number of halogens is 1. The fourth-order valence-electron chi connectivity index (χ4n) is 2.06. The summed E-state index contributed by atoms with van der Waals surface area (Å²) in [6.07, 6.45) is 1.59. The Bertz CT molecular complexity index is 817. The van der Waals surface area contributed by atoms with Gasteiger partial charge in [-0.25, -0.2) is 0 Å². The van der Waals surface area contributed by atoms with E-state index in [2.05, 4.69) is 10.2 Å². The van der Waals surface area contributed by atoms with Gasteiger partial charge in [-0.15, -0.1) is 10.2 Å². The lowest BCUT2D eigenvalue weighted by Gasteiger charge is -2.08. The highest BCUT2D eigenvalue weighted by atomic mass is 35.5. The van der Waals surface area contributed by atoms with Gasteiger partial charge in [0.1, 0.15) is 5.76 Å². The maximum absolute atomic E-state index is 10.8. The Morgan fingerprint density at radius 2 is 2.17 bits per heavy atom. The fraction of sp³-hybridized carbons (Fsp3) is 0.133. The Labute approximate surface area is 141 Å². The predicted molar refractivity (Wildman–Crippen MR) is 86.6 cm³/mol. The van der Waals surface area contributed by atoms with E-state index < -0.39 is 5.97 Å². The average molecular weight is 350 g/mol. The maximum Gasteiger partial charge on any atom is 0.313 e. The molecule has 2 heterocycles. The van der Waals surface area contributed by atoms with Crippen LogP contribution >= 0.6 is 23.4 Å². The molecule has 0 spiro atoms. The molecular formula is C15H12ClN3O3S. The van der Waals surface area contributed by atoms with Crippen molar-refractivity contribution in [2.24, 2.45) is 0 Å². The second kappa shape index (κ2) is 6.89. The second-order valence-electron chi connectivity index (χ2n) is 4.66. The van der Waals surface area contributed by atoms with Crippen molar-refractivity contribution in [2.45, 2.75) is 11.7 Å². The summed E-state index contributed by atoms with van der Waals surface area (Å²) in [5.41, 5.74) is 0.804. The molecule has 0 unspecified atom stereocenters. The molecular weight excluding hydrogens is 338 g/mol. The summed E-state index contributed by atoms with van der Waals surface area (Å²) in [5.74, 6) is 0.333. The van der Waals surface area contributed by atoms with Crippen molar-refractivity contribution in [1.82, 2.24) is 14.8 Å². The monoisotopic (exact) mass is 349 g/mol. The van der Waals surface area contributed by atoms with E-state index in [0.717, 1.165) is 23.1 Å². The normalized spacial score (nSPS) is 10.8. The highest BCUT2D eigenvalue weighted by Gasteiger charge is 2.17. The fourth-order valence-corrected chi connectivity index (χ4v) is 2.91. The van der Waals surface area contributed by atoms with Crippen LogP contribution in [0, 0.1) is 0 Å². The second-order valence-corrected chi connectivity index (χ2v) is 6.04. The zero-order chi connectivity index (χ0) is 16.2. The van der Waals surface area contributed by atoms with Crippen molar-refractivity contribution in [3.8, 4) is 11.4 Å². The van der Waals surface area contributed by atoms with Gasteiger partial charge in [-0.1, -0.05) is 35.5 Å². The molecule has 1 N–H and O–H groups in total. The van der Waals surface area contributed by atoms with Crippen LogP contribution in [0.2, 0.25) is 5.02 Å². The van der Waals surface area contributed by atoms with E-state index in [1.54, 1.807) is 24.5 Å². The van der Waals surface area contributed by atoms with Crippen LogP contribution in [-0.4, -0.2) is 31.6 Å². The first kappa shape index (κ1) is 15.6. The zero-order valence-electron chi connectivity index (χ0n) is 11.8. The largest absolute Gasteiger partial charge is 0.481 e. The standard InChI is InChI=1S/C15H12ClN3O3S/c16-11-4-1-3-10(7-11)14-17-18-15(23-9-13(20)21)19(14)8-12-5-2-6-22-12/h1-7H,8-9H2,(H,20,21). The van der Waals surface area contributed by atoms with Crippen molar-refractivity contribution in [3.63, 3.8) is 0 Å². The molecule has 0 atom stereocenters. The van der Waals surface area contributed by atoms with Crippen LogP contribution in [0.3, 0.4) is 0 Å². The molecule has 118 valence electrons. The van der Waals surface area contributed by atoms with Crippen LogP contribution in [0.25, 0.3) is 11.4 Å². The number of hydrogen-bond donors (Lipinski definition) is 1. The smallest absolute Gasteiger partial charge is 0.313 e. The third-order valence-electron chi connectivity index (χ3n) is 3.02. The van der Waals surface area contributed by atoms with E-state index in [1.807, 2.05) is 22.8 Å². The van der Waals surface area contributed by atoms with Gasteiger partial charge in [0.25, 0.3) is 0 Å². The summed E-state index contributed by atoms with van der Waals surface area (Å²) in [4.78, 5) is 10.8. The minimum Gasteiger partial charge on any atom is -0.481 e. The van der Waals surface area contributed by atoms with Crippen molar-refractivity contribution >= 4 is 29.3 Å². The highest BCUT2D eigenvalue weighted by molar-refractivity contribution is 7.99. The van der Waals surface area contributed by atoms with Gasteiger partial charge in [0, 0.05) is 10.6 Å². The van der Waals surface area contributed by atoms with Crippen LogP contribution in [-0.2, 0) is 11.3 Å². The summed E-state index contributed by atoms with van der Waals surface area (Å²) in [7, 11) is 0. The summed E-state index contributed by atoms with van der Waals surface area (Å²) in [6, 6.07) is 10.9. The first-order chi connectivity index (χ1) is 11.1. The highest BCUT2D eigenvalue weighted by Crippen LogP contribution is 2.26. The van der Waals surface area contributed by atoms with E-state index >= 15 is 0 Å². The first-order valence-corrected chi connectivity index (χ1v) is 8.06. The zero-order valence-corrected chi connectivity index (χ0v) is 13.4. The van der Waals surface area contributed by atoms with Crippen LogP contribution in [0.4, 0.5) is 0 Å². The number of carboxylic acid groups (broad SMARTS) is 1. The quantitative estimate of drug-likeness (QED) is 0.687. The Kier molecular flexibility index (Phi) is 4.68. The Hall–Kier alpha value is -2.25. The van der Waals surface area contributed by atoms with Crippen LogP contribution in [0.5, 0.6) is 0 Å². The van der Waals surface area contributed by atoms with E-state index in [1.165, 1.54) is 0 Å². The molecule has 1 aromatic carbocycles. The molecule has 23 heavy (non-hydrogen) atoms. The number of nitrogens with zero attached hydrogens (tertiary/aromatic N) is 3. The summed E-state index contributed by atoms with van der Waals surface area (Å²) < 4.78 is 7.19. The average Bonchev–Trinajstić information content (AvgIpc) is 3.15. The number of thioether (sulfide) groups is 1. The number of carboxylic acids is 1. The van der Waals surface area contributed by atoms with Gasteiger partial charge in [-0.05, 0) is 24.3 Å². The number of benzene rings is 1. The Morgan fingerprint density at radius 3 is 2.87 bits per heavy atom. The summed E-state index contributed by atoms with van der Waals surface area (Å²) in [6.45, 7) is 0.407. The molecule has 0 radical (unpaired) electrons. The molecule has 0 aliphatic carbocycles. The number of hydrogen-bond acceptors (Lipinski definition) is 5. The minimum absolute atomic E-state index is 0.0914. The molecule has 3 aromatic rings. The molecule has 6 nitrogen and oxygen atoms in total. The van der Waals surface area contributed by atoms with Gasteiger partial charge in [-0.3, -0.25) is 9.36 Å². The molecule has 0 fully saturated rings. The van der Waals surface area contributed by atoms with Crippen molar-refractivity contribution in [1.29, 1.82) is 0 Å². The van der Waals surface area contributed by atoms with Gasteiger partial charge >= 0.3 is 5.97 Å². The van der Waals surface area contributed by atoms with E-state index in [9.17, 15) is 4.79 Å². The molecule has 3 rings (SSSR count). The first-order valence-electron chi connectivity index (χ1n) is 6.69. The number of rotatable bonds is 6. The number of furan rings is 1. The van der Waals surface area contributed by atoms with E-state index in [4.69, 9.17) is 21.1 Å². The lowest BCUT2D eigenvalue weighted by atomic mass is 10.2. The molecule has 0 saturated carbocycles. The van der Waals surface area contributed by atoms with Crippen LogP contribution in [0.1, 0.15) is 5.76 Å². The molecule has 0 saturated heterocycles. The molecule has 0 aliphatic rings. The number of carbonyl (C=O) groups is 1. The SMILES string of the molecule is O=C(O)CSc1nnc(-c2cccc(Cl)c2)n1Cc1ccco1. The van der Waals surface area contributed by atoms with Crippen molar-refractivity contribution in [2.75, 3.05) is 5.75 Å². The van der Waals surface area contributed by atoms with Gasteiger partial charge < -0.3 is 9.52 Å². The minimum atomic E-state index is -0.910. The molecule has 2 aromatic heterocycles. The van der Waals surface area contributed by atoms with Gasteiger partial charge in [0.05, 0.1) is 18.6 Å². The van der Waals surface area contributed by atoms with Gasteiger partial charge in [0.15, 0.2) is 11.0 Å². The summed E-state index contributed by atoms with van der Waals surface area (Å²) in [5, 5.41) is 18.3. The number of aromatic nitrogens is 3. The van der Waals surface area contributed by atoms with E-state index in [0.29, 0.717) is 22.5 Å². The topological polar surface area (TPSA) is 81.1 Å². The van der Waals surface area contributed by atoms with Gasteiger partial charge in [0.2, 0.25) is 0 Å². The molecule has 0 bridgehead atoms. The van der Waals surface area contributed by atoms with Crippen molar-refractivity contribution in [3.05, 3.63) is 53.4 Å². The third kappa shape index (κ3) is 3.75. The van der Waals surface area contributed by atoms with Crippen LogP contribution in [0.15, 0.2) is 52.2 Å². The molecule has 0 amide bonds. The summed E-state index contributed by atoms with van der Waals surface area (Å²) >= 11 is 7.15. The Morgan fingerprint density at radius 1 is 1.30 bits per heavy atom. The Balaban J connectivity index is 1.99.